The van der Waals surface area contributed by atoms with Crippen LogP contribution in [0.5, 0.6) is 11.5 Å². The van der Waals surface area contributed by atoms with Crippen molar-refractivity contribution in [3.63, 3.8) is 0 Å². The quantitative estimate of drug-likeness (QED) is 0.656. The van der Waals surface area contributed by atoms with Crippen LogP contribution in [0.4, 0.5) is 5.69 Å². The third-order valence-electron chi connectivity index (χ3n) is 5.77. The van der Waals surface area contributed by atoms with E-state index in [1.165, 1.54) is 6.20 Å². The molecule has 8 heteroatoms. The molecule has 7 nitrogen and oxygen atoms in total. The molecule has 0 radical (unpaired) electrons. The molecule has 2 aliphatic rings. The first-order chi connectivity index (χ1) is 14.9. The summed E-state index contributed by atoms with van der Waals surface area (Å²) in [7, 11) is -3.91. The molecule has 1 fully saturated rings. The van der Waals surface area contributed by atoms with Gasteiger partial charge in [0.1, 0.15) is 0 Å². The van der Waals surface area contributed by atoms with Gasteiger partial charge in [-0.1, -0.05) is 24.3 Å². The number of carbonyl (C=O) groups is 1. The number of nitrogens with one attached hydrogen (secondary N) is 1. The number of hydrogen-bond acceptors (Lipinski definition) is 6. The lowest BCUT2D eigenvalue weighted by Crippen LogP contribution is -2.28. The number of sulfone groups is 1. The highest BCUT2D eigenvalue weighted by atomic mass is 32.2. The van der Waals surface area contributed by atoms with Crippen LogP contribution in [-0.4, -0.2) is 26.1 Å². The lowest BCUT2D eigenvalue weighted by molar-refractivity contribution is -0.118. The van der Waals surface area contributed by atoms with E-state index in [2.05, 4.69) is 10.3 Å². The third-order valence-corrected chi connectivity index (χ3v) is 7.64. The number of amides is 1. The lowest BCUT2D eigenvalue weighted by atomic mass is 9.94. The number of benzene rings is 2. The number of rotatable bonds is 5. The number of nitrogens with zero attached hydrogens (tertiary/aromatic N) is 1. The van der Waals surface area contributed by atoms with Crippen LogP contribution in [0.25, 0.3) is 0 Å². The van der Waals surface area contributed by atoms with Crippen LogP contribution in [0.15, 0.2) is 70.7 Å². The van der Waals surface area contributed by atoms with E-state index in [1.807, 2.05) is 12.1 Å². The topological polar surface area (TPSA) is 94.6 Å². The average Bonchev–Trinajstić information content (AvgIpc) is 3.45. The summed E-state index contributed by atoms with van der Waals surface area (Å²) in [5.41, 5.74) is 0.884. The van der Waals surface area contributed by atoms with E-state index >= 15 is 0 Å². The second-order valence-corrected chi connectivity index (χ2v) is 9.56. The van der Waals surface area contributed by atoms with Gasteiger partial charge in [0.15, 0.2) is 16.5 Å². The standard InChI is InChI=1S/C23H20N2O5S/c1-15-5-2-3-7-20(15)31(27,28)21-17(6-4-12-24-21)25-22(26)23(10-11-23)16-8-9-18-19(13-16)30-14-29-18/h2-9,12-13H,10-11,14H2,1H3,(H,25,26). The van der Waals surface area contributed by atoms with Crippen LogP contribution in [0.3, 0.4) is 0 Å². The molecular formula is C23H20N2O5S. The Labute approximate surface area is 180 Å². The van der Waals surface area contributed by atoms with Gasteiger partial charge in [0.2, 0.25) is 22.5 Å². The summed E-state index contributed by atoms with van der Waals surface area (Å²) >= 11 is 0. The minimum absolute atomic E-state index is 0.161. The van der Waals surface area contributed by atoms with Crippen molar-refractivity contribution in [3.05, 3.63) is 71.9 Å². The van der Waals surface area contributed by atoms with Crippen molar-refractivity contribution >= 4 is 21.4 Å². The molecule has 1 saturated carbocycles. The van der Waals surface area contributed by atoms with Crippen molar-refractivity contribution in [1.82, 2.24) is 4.98 Å². The molecular weight excluding hydrogens is 416 g/mol. The summed E-state index contributed by atoms with van der Waals surface area (Å²) < 4.78 is 37.3. The molecule has 1 N–H and O–H groups in total. The van der Waals surface area contributed by atoms with E-state index in [0.717, 1.165) is 5.56 Å². The van der Waals surface area contributed by atoms with Crippen LogP contribution in [-0.2, 0) is 20.0 Å². The fourth-order valence-corrected chi connectivity index (χ4v) is 5.44. The van der Waals surface area contributed by atoms with Gasteiger partial charge in [-0.05, 0) is 61.2 Å². The summed E-state index contributed by atoms with van der Waals surface area (Å²) in [4.78, 5) is 17.5. The molecule has 158 valence electrons. The summed E-state index contributed by atoms with van der Waals surface area (Å²) in [6.07, 6.45) is 2.74. The molecule has 0 unspecified atom stereocenters. The number of anilines is 1. The molecule has 0 bridgehead atoms. The maximum Gasteiger partial charge on any atom is 0.235 e. The van der Waals surface area contributed by atoms with Gasteiger partial charge in [0.05, 0.1) is 16.0 Å². The number of aromatic nitrogens is 1. The Morgan fingerprint density at radius 2 is 1.81 bits per heavy atom. The van der Waals surface area contributed by atoms with Gasteiger partial charge in [0.25, 0.3) is 0 Å². The zero-order valence-corrected chi connectivity index (χ0v) is 17.6. The Bertz CT molecular complexity index is 1300. The number of pyridine rings is 1. The van der Waals surface area contributed by atoms with Gasteiger partial charge >= 0.3 is 0 Å². The smallest absolute Gasteiger partial charge is 0.235 e. The lowest BCUT2D eigenvalue weighted by Gasteiger charge is -2.18. The molecule has 0 spiro atoms. The molecule has 1 aromatic heterocycles. The van der Waals surface area contributed by atoms with Gasteiger partial charge in [-0.2, -0.15) is 0 Å². The Hall–Kier alpha value is -3.39. The summed E-state index contributed by atoms with van der Waals surface area (Å²) in [5, 5.41) is 2.65. The first kappa shape index (κ1) is 19.6. The highest BCUT2D eigenvalue weighted by Crippen LogP contribution is 2.51. The van der Waals surface area contributed by atoms with Crippen LogP contribution >= 0.6 is 0 Å². The molecule has 5 rings (SSSR count). The van der Waals surface area contributed by atoms with Crippen molar-refractivity contribution < 1.29 is 22.7 Å². The average molecular weight is 436 g/mol. The minimum atomic E-state index is -3.91. The van der Waals surface area contributed by atoms with Gasteiger partial charge in [-0.3, -0.25) is 4.79 Å². The molecule has 1 aliphatic heterocycles. The van der Waals surface area contributed by atoms with Crippen molar-refractivity contribution in [2.24, 2.45) is 0 Å². The van der Waals surface area contributed by atoms with Crippen LogP contribution in [0.2, 0.25) is 0 Å². The second kappa shape index (κ2) is 7.09. The Morgan fingerprint density at radius 3 is 2.58 bits per heavy atom. The van der Waals surface area contributed by atoms with E-state index in [9.17, 15) is 13.2 Å². The van der Waals surface area contributed by atoms with E-state index in [4.69, 9.17) is 9.47 Å². The predicted octanol–water partition coefficient (Wildman–Crippen LogP) is 3.62. The van der Waals surface area contributed by atoms with E-state index < -0.39 is 15.3 Å². The van der Waals surface area contributed by atoms with E-state index in [-0.39, 0.29) is 28.3 Å². The monoisotopic (exact) mass is 436 g/mol. The molecule has 2 heterocycles. The maximum absolute atomic E-state index is 13.3. The van der Waals surface area contributed by atoms with Crippen LogP contribution in [0.1, 0.15) is 24.0 Å². The molecule has 1 amide bonds. The molecule has 2 aromatic carbocycles. The Kier molecular flexibility index (Phi) is 4.48. The summed E-state index contributed by atoms with van der Waals surface area (Å²) in [6, 6.07) is 15.4. The van der Waals surface area contributed by atoms with Gasteiger partial charge in [0, 0.05) is 6.20 Å². The summed E-state index contributed by atoms with van der Waals surface area (Å²) in [5.74, 6) is 1.00. The minimum Gasteiger partial charge on any atom is -0.454 e. The van der Waals surface area contributed by atoms with Crippen molar-refractivity contribution in [2.45, 2.75) is 35.1 Å². The zero-order valence-electron chi connectivity index (χ0n) is 16.8. The number of ether oxygens (including phenoxy) is 2. The third kappa shape index (κ3) is 3.23. The number of aryl methyl sites for hydroxylation is 1. The largest absolute Gasteiger partial charge is 0.454 e. The fraction of sp³-hybridized carbons (Fsp3) is 0.217. The molecule has 3 aromatic rings. The SMILES string of the molecule is Cc1ccccc1S(=O)(=O)c1ncccc1NC(=O)C1(c2ccc3c(c2)OCO3)CC1. The predicted molar refractivity (Wildman–Crippen MR) is 113 cm³/mol. The van der Waals surface area contributed by atoms with Gasteiger partial charge in [-0.15, -0.1) is 0 Å². The van der Waals surface area contributed by atoms with Gasteiger partial charge < -0.3 is 14.8 Å². The van der Waals surface area contributed by atoms with E-state index in [1.54, 1.807) is 49.4 Å². The Morgan fingerprint density at radius 1 is 1.03 bits per heavy atom. The van der Waals surface area contributed by atoms with Crippen molar-refractivity contribution in [1.29, 1.82) is 0 Å². The fourth-order valence-electron chi connectivity index (χ4n) is 3.87. The van der Waals surface area contributed by atoms with E-state index in [0.29, 0.717) is 29.9 Å². The second-order valence-electron chi connectivity index (χ2n) is 7.73. The highest BCUT2D eigenvalue weighted by molar-refractivity contribution is 7.91. The van der Waals surface area contributed by atoms with Crippen LogP contribution < -0.4 is 14.8 Å². The maximum atomic E-state index is 13.3. The molecule has 1 aliphatic carbocycles. The van der Waals surface area contributed by atoms with Crippen molar-refractivity contribution in [2.75, 3.05) is 12.1 Å². The number of carbonyl (C=O) groups excluding carboxylic acids is 1. The van der Waals surface area contributed by atoms with Crippen molar-refractivity contribution in [3.8, 4) is 11.5 Å². The first-order valence-corrected chi connectivity index (χ1v) is 11.4. The number of hydrogen-bond donors (Lipinski definition) is 1. The first-order valence-electron chi connectivity index (χ1n) is 9.89. The molecule has 0 atom stereocenters. The summed E-state index contributed by atoms with van der Waals surface area (Å²) in [6.45, 7) is 1.89. The normalized spacial score (nSPS) is 16.0. The Balaban J connectivity index is 1.48. The zero-order chi connectivity index (χ0) is 21.6. The number of fused-ring (bicyclic) bond motifs is 1. The van der Waals surface area contributed by atoms with Gasteiger partial charge in [-0.25, -0.2) is 13.4 Å². The molecule has 0 saturated heterocycles. The molecule has 31 heavy (non-hydrogen) atoms. The highest BCUT2D eigenvalue weighted by Gasteiger charge is 2.52. The van der Waals surface area contributed by atoms with Crippen LogP contribution in [0, 0.1) is 6.92 Å².